The van der Waals surface area contributed by atoms with Gasteiger partial charge >= 0.3 is 0 Å². The summed E-state index contributed by atoms with van der Waals surface area (Å²) < 4.78 is 5.52. The van der Waals surface area contributed by atoms with Gasteiger partial charge in [-0.1, -0.05) is 24.3 Å². The van der Waals surface area contributed by atoms with Crippen LogP contribution >= 0.6 is 0 Å². The van der Waals surface area contributed by atoms with Crippen molar-refractivity contribution in [3.8, 4) is 11.8 Å². The van der Waals surface area contributed by atoms with Crippen LogP contribution in [0.1, 0.15) is 11.4 Å². The van der Waals surface area contributed by atoms with Crippen molar-refractivity contribution in [2.45, 2.75) is 6.61 Å². The summed E-state index contributed by atoms with van der Waals surface area (Å²) in [5, 5.41) is 8.69. The Morgan fingerprint density at radius 1 is 1.06 bits per heavy atom. The Balaban J connectivity index is 2.03. The van der Waals surface area contributed by atoms with Crippen molar-refractivity contribution in [2.75, 3.05) is 0 Å². The van der Waals surface area contributed by atoms with Crippen molar-refractivity contribution in [3.63, 3.8) is 0 Å². The predicted molar refractivity (Wildman–Crippen MR) is 59.7 cm³/mol. The number of nitriles is 1. The first kappa shape index (κ1) is 10.2. The Morgan fingerprint density at radius 3 is 2.62 bits per heavy atom. The van der Waals surface area contributed by atoms with Gasteiger partial charge in [-0.3, -0.25) is 0 Å². The van der Waals surface area contributed by atoms with Gasteiger partial charge in [-0.2, -0.15) is 5.26 Å². The lowest BCUT2D eigenvalue weighted by Crippen LogP contribution is -1.99. The topological polar surface area (TPSA) is 45.9 Å². The first-order chi connectivity index (χ1) is 7.88. The molecule has 2 rings (SSSR count). The molecule has 0 aliphatic heterocycles. The molecule has 1 aromatic carbocycles. The van der Waals surface area contributed by atoms with Crippen LogP contribution in [0.4, 0.5) is 0 Å². The molecule has 3 nitrogen and oxygen atoms in total. The number of aromatic nitrogens is 1. The molecule has 0 aliphatic carbocycles. The quantitative estimate of drug-likeness (QED) is 0.782. The third-order valence-corrected chi connectivity index (χ3v) is 2.05. The molecule has 3 heteroatoms. The van der Waals surface area contributed by atoms with Gasteiger partial charge in [0.2, 0.25) is 0 Å². The summed E-state index contributed by atoms with van der Waals surface area (Å²) in [5.74, 6) is 0.798. The van der Waals surface area contributed by atoms with E-state index in [-0.39, 0.29) is 0 Å². The molecule has 0 saturated carbocycles. The first-order valence-electron chi connectivity index (χ1n) is 4.92. The number of pyridine rings is 1. The van der Waals surface area contributed by atoms with E-state index in [1.54, 1.807) is 12.1 Å². The van der Waals surface area contributed by atoms with Crippen LogP contribution in [0.5, 0.6) is 5.75 Å². The smallest absolute Gasteiger partial charge is 0.140 e. The van der Waals surface area contributed by atoms with Crippen molar-refractivity contribution in [2.24, 2.45) is 0 Å². The van der Waals surface area contributed by atoms with Gasteiger partial charge in [-0.05, 0) is 24.3 Å². The highest BCUT2D eigenvalue weighted by Gasteiger charge is 1.98. The van der Waals surface area contributed by atoms with E-state index in [9.17, 15) is 0 Å². The second-order valence-electron chi connectivity index (χ2n) is 3.23. The maximum atomic E-state index is 8.69. The average molecular weight is 210 g/mol. The van der Waals surface area contributed by atoms with E-state index in [0.29, 0.717) is 12.3 Å². The van der Waals surface area contributed by atoms with Crippen molar-refractivity contribution >= 4 is 0 Å². The van der Waals surface area contributed by atoms with Gasteiger partial charge in [0.05, 0.1) is 5.69 Å². The summed E-state index contributed by atoms with van der Waals surface area (Å²) in [6, 6.07) is 16.8. The SMILES string of the molecule is N#Cc1cccc(COc2ccccc2)n1. The van der Waals surface area contributed by atoms with Gasteiger partial charge in [0.15, 0.2) is 0 Å². The van der Waals surface area contributed by atoms with E-state index in [0.717, 1.165) is 11.4 Å². The Morgan fingerprint density at radius 2 is 1.88 bits per heavy atom. The molecular weight excluding hydrogens is 200 g/mol. The second-order valence-corrected chi connectivity index (χ2v) is 3.23. The minimum atomic E-state index is 0.375. The van der Waals surface area contributed by atoms with Crippen molar-refractivity contribution in [1.29, 1.82) is 5.26 Å². The van der Waals surface area contributed by atoms with Crippen LogP contribution in [0.25, 0.3) is 0 Å². The molecule has 0 unspecified atom stereocenters. The summed E-state index contributed by atoms with van der Waals surface area (Å²) >= 11 is 0. The maximum absolute atomic E-state index is 8.69. The first-order valence-corrected chi connectivity index (χ1v) is 4.92. The lowest BCUT2D eigenvalue weighted by molar-refractivity contribution is 0.301. The van der Waals surface area contributed by atoms with E-state index < -0.39 is 0 Å². The highest BCUT2D eigenvalue weighted by atomic mass is 16.5. The fourth-order valence-corrected chi connectivity index (χ4v) is 1.30. The van der Waals surface area contributed by atoms with E-state index in [4.69, 9.17) is 10.00 Å². The summed E-state index contributed by atoms with van der Waals surface area (Å²) in [5.41, 5.74) is 1.16. The molecular formula is C13H10N2O. The highest BCUT2D eigenvalue weighted by Crippen LogP contribution is 2.10. The predicted octanol–water partition coefficient (Wildman–Crippen LogP) is 2.53. The highest BCUT2D eigenvalue weighted by molar-refractivity contribution is 5.23. The number of para-hydroxylation sites is 1. The number of hydrogen-bond donors (Lipinski definition) is 0. The van der Waals surface area contributed by atoms with E-state index in [2.05, 4.69) is 4.98 Å². The summed E-state index contributed by atoms with van der Waals surface area (Å²) in [6.45, 7) is 0.375. The van der Waals surface area contributed by atoms with Crippen molar-refractivity contribution in [1.82, 2.24) is 4.98 Å². The number of nitrogens with zero attached hydrogens (tertiary/aromatic N) is 2. The Hall–Kier alpha value is -2.34. The minimum Gasteiger partial charge on any atom is -0.487 e. The van der Waals surface area contributed by atoms with Gasteiger partial charge in [0, 0.05) is 0 Å². The Kier molecular flexibility index (Phi) is 3.15. The zero-order valence-electron chi connectivity index (χ0n) is 8.63. The molecule has 0 atom stereocenters. The molecule has 78 valence electrons. The van der Waals surface area contributed by atoms with Crippen molar-refractivity contribution in [3.05, 3.63) is 59.9 Å². The van der Waals surface area contributed by atoms with Gasteiger partial charge < -0.3 is 4.74 Å². The van der Waals surface area contributed by atoms with Crippen molar-refractivity contribution < 1.29 is 4.74 Å². The lowest BCUT2D eigenvalue weighted by atomic mass is 10.3. The molecule has 0 spiro atoms. The van der Waals surface area contributed by atoms with E-state index in [1.165, 1.54) is 0 Å². The number of hydrogen-bond acceptors (Lipinski definition) is 3. The summed E-state index contributed by atoms with van der Waals surface area (Å²) in [7, 11) is 0. The zero-order chi connectivity index (χ0) is 11.2. The lowest BCUT2D eigenvalue weighted by Gasteiger charge is -2.04. The normalized spacial score (nSPS) is 9.44. The van der Waals surface area contributed by atoms with Crippen LogP contribution in [0, 0.1) is 11.3 Å². The van der Waals surface area contributed by atoms with Crippen LogP contribution in [0.3, 0.4) is 0 Å². The third-order valence-electron chi connectivity index (χ3n) is 2.05. The van der Waals surface area contributed by atoms with Gasteiger partial charge in [0.25, 0.3) is 0 Å². The zero-order valence-corrected chi connectivity index (χ0v) is 8.63. The van der Waals surface area contributed by atoms with Crippen LogP contribution in [0.2, 0.25) is 0 Å². The van der Waals surface area contributed by atoms with Crippen LogP contribution in [-0.4, -0.2) is 4.98 Å². The standard InChI is InChI=1S/C13H10N2O/c14-9-11-5-4-6-12(15-11)10-16-13-7-2-1-3-8-13/h1-8H,10H2. The van der Waals surface area contributed by atoms with Crippen LogP contribution < -0.4 is 4.74 Å². The number of rotatable bonds is 3. The monoisotopic (exact) mass is 210 g/mol. The minimum absolute atomic E-state index is 0.375. The van der Waals surface area contributed by atoms with E-state index in [1.807, 2.05) is 42.5 Å². The Labute approximate surface area is 93.9 Å². The average Bonchev–Trinajstić information content (AvgIpc) is 2.38. The molecule has 0 bridgehead atoms. The molecule has 16 heavy (non-hydrogen) atoms. The van der Waals surface area contributed by atoms with Gasteiger partial charge in [0.1, 0.15) is 24.1 Å². The maximum Gasteiger partial charge on any atom is 0.140 e. The molecule has 0 radical (unpaired) electrons. The molecule has 0 N–H and O–H groups in total. The van der Waals surface area contributed by atoms with Gasteiger partial charge in [-0.25, -0.2) is 4.98 Å². The van der Waals surface area contributed by atoms with Crippen LogP contribution in [-0.2, 0) is 6.61 Å². The second kappa shape index (κ2) is 4.94. The summed E-state index contributed by atoms with van der Waals surface area (Å²) in [4.78, 5) is 4.12. The molecule has 0 saturated heterocycles. The van der Waals surface area contributed by atoms with E-state index >= 15 is 0 Å². The van der Waals surface area contributed by atoms with Gasteiger partial charge in [-0.15, -0.1) is 0 Å². The summed E-state index contributed by atoms with van der Waals surface area (Å²) in [6.07, 6.45) is 0. The molecule has 0 fully saturated rings. The number of ether oxygens (including phenoxy) is 1. The molecule has 1 heterocycles. The third kappa shape index (κ3) is 2.58. The largest absolute Gasteiger partial charge is 0.487 e. The fraction of sp³-hybridized carbons (Fsp3) is 0.0769. The molecule has 2 aromatic rings. The number of benzene rings is 1. The molecule has 1 aromatic heterocycles. The molecule has 0 amide bonds. The Bertz CT molecular complexity index is 503. The van der Waals surface area contributed by atoms with Crippen LogP contribution in [0.15, 0.2) is 48.5 Å². The molecule has 0 aliphatic rings. The fourth-order valence-electron chi connectivity index (χ4n) is 1.30.